The summed E-state index contributed by atoms with van der Waals surface area (Å²) in [5.41, 5.74) is 0. The van der Waals surface area contributed by atoms with E-state index in [1.807, 2.05) is 6.92 Å². The van der Waals surface area contributed by atoms with E-state index in [1.54, 1.807) is 0 Å². The number of ether oxygens (including phenoxy) is 1. The van der Waals surface area contributed by atoms with Gasteiger partial charge in [0, 0.05) is 19.5 Å². The fraction of sp³-hybridized carbons (Fsp3) is 1.00. The van der Waals surface area contributed by atoms with Gasteiger partial charge >= 0.3 is 0 Å². The lowest BCUT2D eigenvalue weighted by Crippen LogP contribution is -2.43. The molecule has 1 rings (SSSR count). The quantitative estimate of drug-likeness (QED) is 0.621. The number of nitrogens with one attached hydrogen (secondary N) is 1. The van der Waals surface area contributed by atoms with Crippen molar-refractivity contribution in [2.24, 2.45) is 0 Å². The van der Waals surface area contributed by atoms with Crippen LogP contribution in [0.4, 0.5) is 4.39 Å². The summed E-state index contributed by atoms with van der Waals surface area (Å²) in [5, 5.41) is 3.18. The highest BCUT2D eigenvalue weighted by molar-refractivity contribution is 4.70. The number of halogens is 1. The SMILES string of the molecule is CC1CNCC(CCF)O1. The Kier molecular flexibility index (Phi) is 3.09. The lowest BCUT2D eigenvalue weighted by molar-refractivity contribution is -0.0331. The molecule has 0 saturated carbocycles. The third-order valence-electron chi connectivity index (χ3n) is 1.66. The molecule has 1 N–H and O–H groups in total. The van der Waals surface area contributed by atoms with E-state index in [2.05, 4.69) is 5.32 Å². The zero-order valence-corrected chi connectivity index (χ0v) is 6.27. The van der Waals surface area contributed by atoms with Crippen molar-refractivity contribution in [2.75, 3.05) is 19.8 Å². The summed E-state index contributed by atoms with van der Waals surface area (Å²) in [4.78, 5) is 0. The molecule has 2 nitrogen and oxygen atoms in total. The summed E-state index contributed by atoms with van der Waals surface area (Å²) in [7, 11) is 0. The summed E-state index contributed by atoms with van der Waals surface area (Å²) in [6.07, 6.45) is 0.858. The van der Waals surface area contributed by atoms with Crippen LogP contribution in [0.1, 0.15) is 13.3 Å². The Morgan fingerprint density at radius 1 is 1.60 bits per heavy atom. The third kappa shape index (κ3) is 2.23. The lowest BCUT2D eigenvalue weighted by atomic mass is 10.2. The van der Waals surface area contributed by atoms with Crippen molar-refractivity contribution in [2.45, 2.75) is 25.6 Å². The van der Waals surface area contributed by atoms with Crippen molar-refractivity contribution < 1.29 is 9.13 Å². The van der Waals surface area contributed by atoms with Gasteiger partial charge in [-0.05, 0) is 6.92 Å². The fourth-order valence-corrected chi connectivity index (χ4v) is 1.16. The molecule has 0 spiro atoms. The first-order valence-electron chi connectivity index (χ1n) is 3.75. The van der Waals surface area contributed by atoms with Crippen molar-refractivity contribution in [3.63, 3.8) is 0 Å². The van der Waals surface area contributed by atoms with Gasteiger partial charge in [0.1, 0.15) is 0 Å². The minimum Gasteiger partial charge on any atom is -0.373 e. The Hall–Kier alpha value is -0.150. The monoisotopic (exact) mass is 147 g/mol. The topological polar surface area (TPSA) is 21.3 Å². The van der Waals surface area contributed by atoms with E-state index >= 15 is 0 Å². The standard InChI is InChI=1S/C7H14FNO/c1-6-4-9-5-7(10-6)2-3-8/h6-7,9H,2-5H2,1H3. The molecule has 0 bridgehead atoms. The maximum atomic E-state index is 11.8. The fourth-order valence-electron chi connectivity index (χ4n) is 1.16. The Labute approximate surface area is 60.8 Å². The average molecular weight is 147 g/mol. The highest BCUT2D eigenvalue weighted by Gasteiger charge is 2.17. The summed E-state index contributed by atoms with van der Waals surface area (Å²) in [5.74, 6) is 0. The smallest absolute Gasteiger partial charge is 0.0919 e. The van der Waals surface area contributed by atoms with Crippen molar-refractivity contribution in [1.82, 2.24) is 5.32 Å². The summed E-state index contributed by atoms with van der Waals surface area (Å²) >= 11 is 0. The van der Waals surface area contributed by atoms with Gasteiger partial charge in [-0.3, -0.25) is 4.39 Å². The Bertz CT molecular complexity index is 97.6. The van der Waals surface area contributed by atoms with E-state index in [0.717, 1.165) is 13.1 Å². The number of hydrogen-bond donors (Lipinski definition) is 1. The average Bonchev–Trinajstić information content (AvgIpc) is 1.88. The van der Waals surface area contributed by atoms with Gasteiger partial charge in [-0.2, -0.15) is 0 Å². The van der Waals surface area contributed by atoms with E-state index in [1.165, 1.54) is 0 Å². The van der Waals surface area contributed by atoms with Gasteiger partial charge in [-0.25, -0.2) is 0 Å². The van der Waals surface area contributed by atoms with Crippen molar-refractivity contribution >= 4 is 0 Å². The van der Waals surface area contributed by atoms with Crippen LogP contribution in [0.2, 0.25) is 0 Å². The molecular weight excluding hydrogens is 133 g/mol. The molecule has 0 aromatic heterocycles. The number of rotatable bonds is 2. The number of alkyl halides is 1. The second-order valence-electron chi connectivity index (χ2n) is 2.70. The molecule has 3 heteroatoms. The molecule has 0 aliphatic carbocycles. The van der Waals surface area contributed by atoms with Crippen LogP contribution in [0, 0.1) is 0 Å². The molecule has 1 aliphatic rings. The minimum atomic E-state index is -0.279. The molecule has 2 atom stereocenters. The molecule has 10 heavy (non-hydrogen) atoms. The van der Waals surface area contributed by atoms with Crippen LogP contribution in [0.5, 0.6) is 0 Å². The highest BCUT2D eigenvalue weighted by atomic mass is 19.1. The highest BCUT2D eigenvalue weighted by Crippen LogP contribution is 2.06. The molecular formula is C7H14FNO. The van der Waals surface area contributed by atoms with Crippen LogP contribution in [0.15, 0.2) is 0 Å². The van der Waals surface area contributed by atoms with E-state index in [9.17, 15) is 4.39 Å². The van der Waals surface area contributed by atoms with Crippen LogP contribution < -0.4 is 5.32 Å². The first-order chi connectivity index (χ1) is 4.83. The largest absolute Gasteiger partial charge is 0.373 e. The number of morpholine rings is 1. The molecule has 0 aromatic carbocycles. The van der Waals surface area contributed by atoms with Crippen LogP contribution in [0.3, 0.4) is 0 Å². The molecule has 1 aliphatic heterocycles. The zero-order chi connectivity index (χ0) is 7.40. The van der Waals surface area contributed by atoms with Gasteiger partial charge in [0.15, 0.2) is 0 Å². The predicted octanol–water partition coefficient (Wildman–Crippen LogP) is 0.723. The van der Waals surface area contributed by atoms with Crippen LogP contribution in [-0.2, 0) is 4.74 Å². The normalized spacial score (nSPS) is 34.2. The van der Waals surface area contributed by atoms with E-state index in [4.69, 9.17) is 4.74 Å². The second-order valence-corrected chi connectivity index (χ2v) is 2.70. The first-order valence-corrected chi connectivity index (χ1v) is 3.75. The molecule has 60 valence electrons. The van der Waals surface area contributed by atoms with Gasteiger partial charge in [0.2, 0.25) is 0 Å². The Balaban J connectivity index is 2.18. The second kappa shape index (κ2) is 3.88. The van der Waals surface area contributed by atoms with Crippen LogP contribution in [-0.4, -0.2) is 32.0 Å². The predicted molar refractivity (Wildman–Crippen MR) is 37.8 cm³/mol. The molecule has 0 radical (unpaired) electrons. The van der Waals surface area contributed by atoms with E-state index in [0.29, 0.717) is 6.42 Å². The van der Waals surface area contributed by atoms with Crippen LogP contribution in [0.25, 0.3) is 0 Å². The van der Waals surface area contributed by atoms with Crippen molar-refractivity contribution in [1.29, 1.82) is 0 Å². The van der Waals surface area contributed by atoms with E-state index < -0.39 is 0 Å². The van der Waals surface area contributed by atoms with Crippen LogP contribution >= 0.6 is 0 Å². The molecule has 0 amide bonds. The Morgan fingerprint density at radius 3 is 3.00 bits per heavy atom. The maximum absolute atomic E-state index is 11.8. The minimum absolute atomic E-state index is 0.0914. The molecule has 1 fully saturated rings. The number of hydrogen-bond acceptors (Lipinski definition) is 2. The van der Waals surface area contributed by atoms with Gasteiger partial charge in [-0.15, -0.1) is 0 Å². The maximum Gasteiger partial charge on any atom is 0.0919 e. The van der Waals surface area contributed by atoms with Gasteiger partial charge in [0.25, 0.3) is 0 Å². The van der Waals surface area contributed by atoms with Gasteiger partial charge in [-0.1, -0.05) is 0 Å². The van der Waals surface area contributed by atoms with E-state index in [-0.39, 0.29) is 18.9 Å². The first kappa shape index (κ1) is 7.95. The van der Waals surface area contributed by atoms with Gasteiger partial charge < -0.3 is 10.1 Å². The molecule has 1 heterocycles. The molecule has 2 unspecified atom stereocenters. The van der Waals surface area contributed by atoms with Gasteiger partial charge in [0.05, 0.1) is 18.9 Å². The summed E-state index contributed by atoms with van der Waals surface area (Å²) < 4.78 is 17.2. The van der Waals surface area contributed by atoms with Crippen molar-refractivity contribution in [3.05, 3.63) is 0 Å². The molecule has 0 aromatic rings. The summed E-state index contributed by atoms with van der Waals surface area (Å²) in [6.45, 7) is 3.41. The lowest BCUT2D eigenvalue weighted by Gasteiger charge is -2.27. The Morgan fingerprint density at radius 2 is 2.40 bits per heavy atom. The van der Waals surface area contributed by atoms with Crippen molar-refractivity contribution in [3.8, 4) is 0 Å². The zero-order valence-electron chi connectivity index (χ0n) is 6.27. The third-order valence-corrected chi connectivity index (χ3v) is 1.66. The molecule has 1 saturated heterocycles. The summed E-state index contributed by atoms with van der Waals surface area (Å²) in [6, 6.07) is 0.